The molecule has 0 bridgehead atoms. The molecule has 0 saturated carbocycles. The van der Waals surface area contributed by atoms with Crippen LogP contribution in [0.5, 0.6) is 0 Å². The molecule has 1 saturated heterocycles. The average Bonchev–Trinajstić information content (AvgIpc) is 3.22. The Labute approximate surface area is 186 Å². The Hall–Kier alpha value is -3.39. The van der Waals surface area contributed by atoms with Crippen LogP contribution in [0, 0.1) is 0 Å². The lowest BCUT2D eigenvalue weighted by Gasteiger charge is -2.27. The summed E-state index contributed by atoms with van der Waals surface area (Å²) in [5, 5.41) is 0.421. The zero-order valence-electron chi connectivity index (χ0n) is 18.3. The van der Waals surface area contributed by atoms with E-state index in [9.17, 15) is 9.59 Å². The number of aromatic nitrogens is 1. The highest BCUT2D eigenvalue weighted by Gasteiger charge is 2.24. The molecule has 0 N–H and O–H groups in total. The fraction of sp³-hybridized carbons (Fsp3) is 0.375. The monoisotopic (exact) mass is 434 g/mol. The highest BCUT2D eigenvalue weighted by atomic mass is 16.5. The van der Waals surface area contributed by atoms with Gasteiger partial charge in [-0.15, -0.1) is 0 Å². The Morgan fingerprint density at radius 3 is 2.75 bits per heavy atom. The van der Waals surface area contributed by atoms with Gasteiger partial charge in [-0.2, -0.15) is 0 Å². The molecule has 2 aromatic heterocycles. The van der Waals surface area contributed by atoms with E-state index in [1.165, 1.54) is 16.5 Å². The van der Waals surface area contributed by atoms with E-state index >= 15 is 0 Å². The van der Waals surface area contributed by atoms with Gasteiger partial charge in [-0.05, 0) is 30.2 Å². The van der Waals surface area contributed by atoms with Gasteiger partial charge in [0.25, 0.3) is 5.91 Å². The molecule has 1 fully saturated rings. The summed E-state index contributed by atoms with van der Waals surface area (Å²) < 4.78 is 11.7. The second-order valence-electron chi connectivity index (χ2n) is 8.42. The maximum atomic E-state index is 13.1. The highest BCUT2D eigenvalue weighted by Crippen LogP contribution is 2.30. The van der Waals surface area contributed by atoms with Gasteiger partial charge in [-0.1, -0.05) is 6.07 Å². The summed E-state index contributed by atoms with van der Waals surface area (Å²) in [5.74, 6) is 1.33. The van der Waals surface area contributed by atoms with Gasteiger partial charge in [0.2, 0.25) is 0 Å². The second-order valence-corrected chi connectivity index (χ2v) is 8.42. The van der Waals surface area contributed by atoms with Gasteiger partial charge >= 0.3 is 0 Å². The Bertz CT molecular complexity index is 1230. The molecule has 8 nitrogen and oxygen atoms in total. The summed E-state index contributed by atoms with van der Waals surface area (Å²) in [6, 6.07) is 9.04. The smallest absolute Gasteiger partial charge is 0.253 e. The minimum atomic E-state index is -0.151. The number of hydrogen-bond acceptors (Lipinski definition) is 7. The number of ether oxygens (including phenoxy) is 1. The highest BCUT2D eigenvalue weighted by molar-refractivity contribution is 5.98. The van der Waals surface area contributed by atoms with E-state index in [-0.39, 0.29) is 11.3 Å². The molecular weight excluding hydrogens is 408 g/mol. The molecule has 1 amide bonds. The van der Waals surface area contributed by atoms with Crippen molar-refractivity contribution in [3.63, 3.8) is 0 Å². The van der Waals surface area contributed by atoms with Gasteiger partial charge in [-0.3, -0.25) is 9.59 Å². The van der Waals surface area contributed by atoms with Gasteiger partial charge in [-0.25, -0.2) is 4.98 Å². The topological polar surface area (TPSA) is 79.1 Å². The number of fused-ring (bicyclic) bond motifs is 2. The summed E-state index contributed by atoms with van der Waals surface area (Å²) in [5.41, 5.74) is 2.86. The molecule has 166 valence electrons. The van der Waals surface area contributed by atoms with Crippen molar-refractivity contribution in [3.8, 4) is 0 Å². The van der Waals surface area contributed by atoms with Crippen LogP contribution in [0.25, 0.3) is 11.0 Å². The Kier molecular flexibility index (Phi) is 5.30. The molecule has 0 spiro atoms. The third kappa shape index (κ3) is 3.71. The van der Waals surface area contributed by atoms with Crippen molar-refractivity contribution in [2.24, 2.45) is 0 Å². The van der Waals surface area contributed by atoms with E-state index in [2.05, 4.69) is 16.0 Å². The molecule has 32 heavy (non-hydrogen) atoms. The zero-order valence-corrected chi connectivity index (χ0v) is 18.3. The molecule has 2 aliphatic rings. The number of nitrogens with zero attached hydrogens (tertiary/aromatic N) is 4. The van der Waals surface area contributed by atoms with Crippen LogP contribution in [0.3, 0.4) is 0 Å². The lowest BCUT2D eigenvalue weighted by molar-refractivity contribution is 0.0827. The van der Waals surface area contributed by atoms with Crippen LogP contribution in [0.15, 0.2) is 45.7 Å². The van der Waals surface area contributed by atoms with Crippen LogP contribution < -0.4 is 15.2 Å². The Morgan fingerprint density at radius 1 is 1.16 bits per heavy atom. The summed E-state index contributed by atoms with van der Waals surface area (Å²) in [6.45, 7) is 3.87. The van der Waals surface area contributed by atoms with Crippen LogP contribution in [0.2, 0.25) is 0 Å². The van der Waals surface area contributed by atoms with Crippen molar-refractivity contribution in [2.75, 3.05) is 56.7 Å². The van der Waals surface area contributed by atoms with E-state index in [1.807, 2.05) is 17.0 Å². The number of pyridine rings is 1. The van der Waals surface area contributed by atoms with Crippen LogP contribution >= 0.6 is 0 Å². The van der Waals surface area contributed by atoms with Gasteiger partial charge in [0.05, 0.1) is 18.6 Å². The van der Waals surface area contributed by atoms with Gasteiger partial charge in [0.15, 0.2) is 11.3 Å². The normalized spacial score (nSPS) is 15.8. The number of carbonyl (C=O) groups excluding carboxylic acids is 1. The average molecular weight is 434 g/mol. The standard InChI is InChI=1S/C24H26N4O4/c1-26(2)24(30)17-12-18(15-28-7-5-16-4-3-6-25-23(16)28)22-19(13-17)20(29)14-21(32-22)27-8-10-31-11-9-27/h3-4,6,12-14H,5,7-11,15H2,1-2H3. The number of hydrogen-bond donors (Lipinski definition) is 0. The zero-order chi connectivity index (χ0) is 22.2. The first-order valence-corrected chi connectivity index (χ1v) is 10.9. The fourth-order valence-corrected chi connectivity index (χ4v) is 4.39. The molecule has 8 heteroatoms. The van der Waals surface area contributed by atoms with Gasteiger partial charge in [0.1, 0.15) is 11.4 Å². The number of carbonyl (C=O) groups is 1. The Morgan fingerprint density at radius 2 is 1.97 bits per heavy atom. The number of morpholine rings is 1. The molecule has 3 aromatic rings. The number of rotatable bonds is 4. The molecule has 0 radical (unpaired) electrons. The van der Waals surface area contributed by atoms with E-state index < -0.39 is 0 Å². The van der Waals surface area contributed by atoms with Crippen LogP contribution in [-0.2, 0) is 17.7 Å². The molecule has 0 aliphatic carbocycles. The first-order valence-electron chi connectivity index (χ1n) is 10.9. The predicted molar refractivity (Wildman–Crippen MR) is 123 cm³/mol. The van der Waals surface area contributed by atoms with Crippen molar-refractivity contribution in [1.29, 1.82) is 0 Å². The second kappa shape index (κ2) is 8.27. The van der Waals surface area contributed by atoms with Crippen molar-refractivity contribution >= 4 is 28.6 Å². The Balaban J connectivity index is 1.63. The fourth-order valence-electron chi connectivity index (χ4n) is 4.39. The van der Waals surface area contributed by atoms with Gasteiger partial charge in [0, 0.05) is 63.7 Å². The number of anilines is 2. The van der Waals surface area contributed by atoms with Gasteiger partial charge < -0.3 is 23.9 Å². The number of amides is 1. The minimum Gasteiger partial charge on any atom is -0.440 e. The van der Waals surface area contributed by atoms with E-state index in [0.29, 0.717) is 55.3 Å². The summed E-state index contributed by atoms with van der Waals surface area (Å²) in [7, 11) is 3.41. The van der Waals surface area contributed by atoms with E-state index in [0.717, 1.165) is 24.3 Å². The largest absolute Gasteiger partial charge is 0.440 e. The first-order chi connectivity index (χ1) is 15.5. The van der Waals surface area contributed by atoms with Crippen molar-refractivity contribution in [3.05, 3.63) is 63.4 Å². The molecule has 4 heterocycles. The summed E-state index contributed by atoms with van der Waals surface area (Å²) >= 11 is 0. The van der Waals surface area contributed by atoms with Crippen molar-refractivity contribution < 1.29 is 13.9 Å². The molecule has 1 aromatic carbocycles. The molecule has 5 rings (SSSR count). The van der Waals surface area contributed by atoms with Crippen molar-refractivity contribution in [2.45, 2.75) is 13.0 Å². The van der Waals surface area contributed by atoms with Crippen LogP contribution in [0.1, 0.15) is 21.5 Å². The molecule has 0 atom stereocenters. The van der Waals surface area contributed by atoms with Crippen molar-refractivity contribution in [1.82, 2.24) is 9.88 Å². The third-order valence-corrected chi connectivity index (χ3v) is 6.05. The maximum Gasteiger partial charge on any atom is 0.253 e. The van der Waals surface area contributed by atoms with E-state index in [4.69, 9.17) is 9.15 Å². The quantitative estimate of drug-likeness (QED) is 0.623. The molecule has 2 aliphatic heterocycles. The maximum absolute atomic E-state index is 13.1. The lowest BCUT2D eigenvalue weighted by atomic mass is 10.0. The lowest BCUT2D eigenvalue weighted by Crippen LogP contribution is -2.36. The van der Waals surface area contributed by atoms with Crippen LogP contribution in [-0.4, -0.2) is 62.7 Å². The number of benzene rings is 1. The SMILES string of the molecule is CN(C)C(=O)c1cc(CN2CCc3cccnc32)c2oc(N3CCOCC3)cc(=O)c2c1. The molecule has 0 unspecified atom stereocenters. The predicted octanol–water partition coefficient (Wildman–Crippen LogP) is 2.29. The summed E-state index contributed by atoms with van der Waals surface area (Å²) in [4.78, 5) is 36.1. The minimum absolute atomic E-state index is 0.148. The first kappa shape index (κ1) is 20.5. The third-order valence-electron chi connectivity index (χ3n) is 6.05. The van der Waals surface area contributed by atoms with Crippen LogP contribution in [0.4, 0.5) is 11.7 Å². The molecular formula is C24H26N4O4. The summed E-state index contributed by atoms with van der Waals surface area (Å²) in [6.07, 6.45) is 2.71. The van der Waals surface area contributed by atoms with E-state index in [1.54, 1.807) is 26.4 Å².